The lowest BCUT2D eigenvalue weighted by Crippen LogP contribution is -2.21. The second-order valence-electron chi connectivity index (χ2n) is 4.03. The molecule has 3 N–H and O–H groups in total. The molecule has 1 amide bonds. The van der Waals surface area contributed by atoms with Crippen LogP contribution in [0.1, 0.15) is 11.3 Å². The number of hydrogen-bond donors (Lipinski definition) is 2. The van der Waals surface area contributed by atoms with Gasteiger partial charge in [-0.1, -0.05) is 24.4 Å². The van der Waals surface area contributed by atoms with Crippen LogP contribution in [0.4, 0.5) is 5.69 Å². The van der Waals surface area contributed by atoms with E-state index in [2.05, 4.69) is 5.32 Å². The third-order valence-electron chi connectivity index (χ3n) is 2.52. The van der Waals surface area contributed by atoms with Gasteiger partial charge in [-0.15, -0.1) is 0 Å². The molecule has 6 heteroatoms. The van der Waals surface area contributed by atoms with Gasteiger partial charge in [-0.05, 0) is 24.3 Å². The third kappa shape index (κ3) is 3.91. The van der Waals surface area contributed by atoms with Crippen LogP contribution >= 0.6 is 12.2 Å². The number of anilines is 1. The van der Waals surface area contributed by atoms with Crippen molar-refractivity contribution in [1.82, 2.24) is 0 Å². The molecular weight excluding hydrogens is 276 g/mol. The zero-order chi connectivity index (χ0) is 14.4. The Bertz CT molecular complexity index is 596. The first-order valence-electron chi connectivity index (χ1n) is 5.95. The van der Waals surface area contributed by atoms with Crippen LogP contribution in [0.3, 0.4) is 0 Å². The SMILES string of the molecule is NC(=S)c1ccccc1NC(=O)COCc1ccco1. The Morgan fingerprint density at radius 3 is 2.80 bits per heavy atom. The van der Waals surface area contributed by atoms with Gasteiger partial charge < -0.3 is 20.2 Å². The van der Waals surface area contributed by atoms with Crippen molar-refractivity contribution in [3.63, 3.8) is 0 Å². The highest BCUT2D eigenvalue weighted by atomic mass is 32.1. The molecule has 1 heterocycles. The van der Waals surface area contributed by atoms with E-state index >= 15 is 0 Å². The molecule has 0 spiro atoms. The lowest BCUT2D eigenvalue weighted by atomic mass is 10.2. The van der Waals surface area contributed by atoms with Crippen LogP contribution in [0.25, 0.3) is 0 Å². The second kappa shape index (κ2) is 6.83. The van der Waals surface area contributed by atoms with Crippen LogP contribution in [0.2, 0.25) is 0 Å². The molecule has 0 aliphatic heterocycles. The highest BCUT2D eigenvalue weighted by Crippen LogP contribution is 2.14. The van der Waals surface area contributed by atoms with Crippen molar-refractivity contribution in [1.29, 1.82) is 0 Å². The molecule has 2 aromatic rings. The quantitative estimate of drug-likeness (QED) is 0.796. The highest BCUT2D eigenvalue weighted by Gasteiger charge is 2.08. The van der Waals surface area contributed by atoms with E-state index in [1.165, 1.54) is 0 Å². The summed E-state index contributed by atoms with van der Waals surface area (Å²) in [6.45, 7) is 0.170. The van der Waals surface area contributed by atoms with Crippen LogP contribution in [0.5, 0.6) is 0 Å². The molecule has 0 unspecified atom stereocenters. The molecule has 0 atom stereocenters. The van der Waals surface area contributed by atoms with Crippen LogP contribution in [0.15, 0.2) is 47.1 Å². The van der Waals surface area contributed by atoms with Gasteiger partial charge in [-0.3, -0.25) is 4.79 Å². The van der Waals surface area contributed by atoms with Gasteiger partial charge in [0.15, 0.2) is 0 Å². The molecule has 104 valence electrons. The minimum atomic E-state index is -0.278. The highest BCUT2D eigenvalue weighted by molar-refractivity contribution is 7.80. The summed E-state index contributed by atoms with van der Waals surface area (Å²) in [5.41, 5.74) is 6.79. The molecule has 5 nitrogen and oxygen atoms in total. The lowest BCUT2D eigenvalue weighted by molar-refractivity contribution is -0.121. The minimum absolute atomic E-state index is 0.0770. The van der Waals surface area contributed by atoms with Crippen LogP contribution < -0.4 is 11.1 Å². The summed E-state index contributed by atoms with van der Waals surface area (Å²) in [5.74, 6) is 0.390. The third-order valence-corrected chi connectivity index (χ3v) is 2.74. The Morgan fingerprint density at radius 2 is 2.10 bits per heavy atom. The van der Waals surface area contributed by atoms with E-state index < -0.39 is 0 Å². The van der Waals surface area contributed by atoms with Gasteiger partial charge in [-0.2, -0.15) is 0 Å². The molecule has 20 heavy (non-hydrogen) atoms. The van der Waals surface area contributed by atoms with Gasteiger partial charge in [0, 0.05) is 5.56 Å². The largest absolute Gasteiger partial charge is 0.467 e. The maximum atomic E-state index is 11.8. The average Bonchev–Trinajstić information content (AvgIpc) is 2.92. The number of thiocarbonyl (C=S) groups is 1. The van der Waals surface area contributed by atoms with Gasteiger partial charge in [0.1, 0.15) is 24.0 Å². The van der Waals surface area contributed by atoms with Gasteiger partial charge in [0.25, 0.3) is 0 Å². The molecule has 0 bridgehead atoms. The van der Waals surface area contributed by atoms with Crippen LogP contribution in [-0.2, 0) is 16.1 Å². The molecule has 0 saturated heterocycles. The van der Waals surface area contributed by atoms with Crippen molar-refractivity contribution in [2.45, 2.75) is 6.61 Å². The van der Waals surface area contributed by atoms with E-state index in [4.69, 9.17) is 27.1 Å². The van der Waals surface area contributed by atoms with E-state index in [-0.39, 0.29) is 24.1 Å². The van der Waals surface area contributed by atoms with Crippen LogP contribution in [-0.4, -0.2) is 17.5 Å². The van der Waals surface area contributed by atoms with Gasteiger partial charge >= 0.3 is 0 Å². The molecular formula is C14H14N2O3S. The molecule has 2 rings (SSSR count). The van der Waals surface area contributed by atoms with E-state index in [0.29, 0.717) is 17.0 Å². The maximum absolute atomic E-state index is 11.8. The first-order valence-corrected chi connectivity index (χ1v) is 6.36. The number of furan rings is 1. The first kappa shape index (κ1) is 14.2. The number of benzene rings is 1. The van der Waals surface area contributed by atoms with Gasteiger partial charge in [0.2, 0.25) is 5.91 Å². The number of para-hydroxylation sites is 1. The van der Waals surface area contributed by atoms with Crippen LogP contribution in [0, 0.1) is 0 Å². The number of ether oxygens (including phenoxy) is 1. The van der Waals surface area contributed by atoms with Crippen molar-refractivity contribution >= 4 is 28.8 Å². The predicted octanol–water partition coefficient (Wildman–Crippen LogP) is 2.07. The van der Waals surface area contributed by atoms with Gasteiger partial charge in [-0.25, -0.2) is 0 Å². The monoisotopic (exact) mass is 290 g/mol. The Labute approximate surface area is 121 Å². The van der Waals surface area contributed by atoms with Crippen molar-refractivity contribution in [2.24, 2.45) is 5.73 Å². The van der Waals surface area contributed by atoms with Crippen molar-refractivity contribution in [3.05, 3.63) is 54.0 Å². The summed E-state index contributed by atoms with van der Waals surface area (Å²) in [4.78, 5) is 12.0. The molecule has 1 aromatic carbocycles. The topological polar surface area (TPSA) is 77.5 Å². The maximum Gasteiger partial charge on any atom is 0.250 e. The Kier molecular flexibility index (Phi) is 4.86. The molecule has 0 saturated carbocycles. The minimum Gasteiger partial charge on any atom is -0.467 e. The zero-order valence-corrected chi connectivity index (χ0v) is 11.5. The number of amides is 1. The summed E-state index contributed by atoms with van der Waals surface area (Å²) >= 11 is 4.93. The Morgan fingerprint density at radius 1 is 1.30 bits per heavy atom. The summed E-state index contributed by atoms with van der Waals surface area (Å²) in [7, 11) is 0. The smallest absolute Gasteiger partial charge is 0.250 e. The van der Waals surface area contributed by atoms with Crippen molar-refractivity contribution in [2.75, 3.05) is 11.9 Å². The summed E-state index contributed by atoms with van der Waals surface area (Å²) in [6, 6.07) is 10.6. The number of rotatable bonds is 6. The van der Waals surface area contributed by atoms with Crippen molar-refractivity contribution < 1.29 is 13.9 Å². The second-order valence-corrected chi connectivity index (χ2v) is 4.47. The lowest BCUT2D eigenvalue weighted by Gasteiger charge is -2.09. The normalized spacial score (nSPS) is 10.2. The van der Waals surface area contributed by atoms with E-state index in [0.717, 1.165) is 0 Å². The van der Waals surface area contributed by atoms with Crippen molar-refractivity contribution in [3.8, 4) is 0 Å². The Hall–Kier alpha value is -2.18. The molecule has 1 aromatic heterocycles. The van der Waals surface area contributed by atoms with E-state index in [9.17, 15) is 4.79 Å². The molecule has 0 aliphatic carbocycles. The first-order chi connectivity index (χ1) is 9.66. The standard InChI is InChI=1S/C14H14N2O3S/c15-14(20)11-5-1-2-6-12(11)16-13(17)9-18-8-10-4-3-7-19-10/h1-7H,8-9H2,(H2,15,20)(H,16,17). The number of nitrogens with two attached hydrogens (primary N) is 1. The fraction of sp³-hybridized carbons (Fsp3) is 0.143. The Balaban J connectivity index is 1.87. The summed E-state index contributed by atoms with van der Waals surface area (Å²) in [6.07, 6.45) is 1.55. The molecule has 0 fully saturated rings. The molecule has 0 aliphatic rings. The number of carbonyl (C=O) groups excluding carboxylic acids is 1. The number of carbonyl (C=O) groups is 1. The van der Waals surface area contributed by atoms with E-state index in [1.807, 2.05) is 0 Å². The van der Waals surface area contributed by atoms with E-state index in [1.54, 1.807) is 42.7 Å². The fourth-order valence-electron chi connectivity index (χ4n) is 1.63. The summed E-state index contributed by atoms with van der Waals surface area (Å²) in [5, 5.41) is 2.71. The van der Waals surface area contributed by atoms with Gasteiger partial charge in [0.05, 0.1) is 12.0 Å². The fourth-order valence-corrected chi connectivity index (χ4v) is 1.81. The summed E-state index contributed by atoms with van der Waals surface area (Å²) < 4.78 is 10.3. The number of hydrogen-bond acceptors (Lipinski definition) is 4. The number of nitrogens with one attached hydrogen (secondary N) is 1. The predicted molar refractivity (Wildman–Crippen MR) is 79.3 cm³/mol. The average molecular weight is 290 g/mol. The molecule has 0 radical (unpaired) electrons. The zero-order valence-electron chi connectivity index (χ0n) is 10.7.